The van der Waals surface area contributed by atoms with Gasteiger partial charge >= 0.3 is 0 Å². The zero-order valence-corrected chi connectivity index (χ0v) is 11.4. The minimum atomic E-state index is -0.348. The number of aliphatic hydroxyl groups excluding tert-OH is 1. The van der Waals surface area contributed by atoms with E-state index in [1.165, 1.54) is 6.07 Å². The highest BCUT2D eigenvalue weighted by Crippen LogP contribution is 2.19. The zero-order chi connectivity index (χ0) is 12.3. The Bertz CT molecular complexity index is 368. The van der Waals surface area contributed by atoms with Crippen molar-refractivity contribution in [3.05, 3.63) is 34.1 Å². The molecule has 0 heterocycles. The number of rotatable bonds is 4. The van der Waals surface area contributed by atoms with Crippen LogP contribution in [-0.4, -0.2) is 29.2 Å². The lowest BCUT2D eigenvalue weighted by Gasteiger charge is -2.33. The minimum absolute atomic E-state index is 0.0433. The molecule has 0 unspecified atom stereocenters. The van der Waals surface area contributed by atoms with E-state index in [9.17, 15) is 9.50 Å². The molecule has 1 aromatic carbocycles. The summed E-state index contributed by atoms with van der Waals surface area (Å²) in [4.78, 5) is 1.93. The van der Waals surface area contributed by atoms with Gasteiger partial charge in [0.15, 0.2) is 0 Å². The van der Waals surface area contributed by atoms with Crippen molar-refractivity contribution in [2.75, 3.05) is 13.7 Å². The van der Waals surface area contributed by atoms with Crippen molar-refractivity contribution in [1.29, 1.82) is 0 Å². The van der Waals surface area contributed by atoms with Crippen molar-refractivity contribution in [2.45, 2.75) is 25.9 Å². The maximum absolute atomic E-state index is 13.6. The van der Waals surface area contributed by atoms with Crippen LogP contribution >= 0.6 is 15.9 Å². The molecule has 1 rings (SSSR count). The Morgan fingerprint density at radius 1 is 1.44 bits per heavy atom. The van der Waals surface area contributed by atoms with Crippen LogP contribution in [0.15, 0.2) is 22.7 Å². The van der Waals surface area contributed by atoms with E-state index in [0.717, 1.165) is 4.47 Å². The Morgan fingerprint density at radius 3 is 2.56 bits per heavy atom. The van der Waals surface area contributed by atoms with E-state index < -0.39 is 0 Å². The molecule has 0 aromatic heterocycles. The molecule has 2 nitrogen and oxygen atoms in total. The predicted molar refractivity (Wildman–Crippen MR) is 66.7 cm³/mol. The molecule has 0 saturated carbocycles. The maximum atomic E-state index is 13.6. The summed E-state index contributed by atoms with van der Waals surface area (Å²) in [6.07, 6.45) is 0. The molecule has 0 amide bonds. The van der Waals surface area contributed by atoms with Gasteiger partial charge in [-0.1, -0.05) is 22.0 Å². The lowest BCUT2D eigenvalue weighted by atomic mass is 10.0. The van der Waals surface area contributed by atoms with Gasteiger partial charge in [0.2, 0.25) is 0 Å². The molecule has 90 valence electrons. The van der Waals surface area contributed by atoms with Crippen molar-refractivity contribution in [3.63, 3.8) is 0 Å². The summed E-state index contributed by atoms with van der Waals surface area (Å²) >= 11 is 3.22. The second kappa shape index (κ2) is 5.25. The Balaban J connectivity index is 2.81. The second-order valence-electron chi connectivity index (χ2n) is 4.56. The predicted octanol–water partition coefficient (Wildman–Crippen LogP) is 2.79. The monoisotopic (exact) mass is 289 g/mol. The number of benzene rings is 1. The molecule has 1 N–H and O–H groups in total. The third-order valence-electron chi connectivity index (χ3n) is 2.84. The van der Waals surface area contributed by atoms with E-state index in [2.05, 4.69) is 15.9 Å². The highest BCUT2D eigenvalue weighted by Gasteiger charge is 2.23. The highest BCUT2D eigenvalue weighted by atomic mass is 79.9. The van der Waals surface area contributed by atoms with Gasteiger partial charge in [-0.25, -0.2) is 4.39 Å². The average Bonchev–Trinajstić information content (AvgIpc) is 2.22. The molecule has 4 heteroatoms. The largest absolute Gasteiger partial charge is 0.394 e. The van der Waals surface area contributed by atoms with Crippen LogP contribution in [0.25, 0.3) is 0 Å². The van der Waals surface area contributed by atoms with Gasteiger partial charge < -0.3 is 5.11 Å². The van der Waals surface area contributed by atoms with Crippen LogP contribution in [0, 0.1) is 5.82 Å². The average molecular weight is 290 g/mol. The summed E-state index contributed by atoms with van der Waals surface area (Å²) in [6.45, 7) is 4.36. The normalized spacial score (nSPS) is 12.2. The third-order valence-corrected chi connectivity index (χ3v) is 3.34. The lowest BCUT2D eigenvalue weighted by molar-refractivity contribution is 0.0726. The van der Waals surface area contributed by atoms with Crippen LogP contribution in [0.2, 0.25) is 0 Å². The molecule has 0 spiro atoms. The minimum Gasteiger partial charge on any atom is -0.394 e. The van der Waals surface area contributed by atoms with E-state index in [1.807, 2.05) is 31.9 Å². The zero-order valence-electron chi connectivity index (χ0n) is 9.80. The van der Waals surface area contributed by atoms with Crippen LogP contribution in [-0.2, 0) is 6.54 Å². The topological polar surface area (TPSA) is 23.5 Å². The number of hydrogen-bond donors (Lipinski definition) is 1. The summed E-state index contributed by atoms with van der Waals surface area (Å²) in [5.41, 5.74) is 0.284. The van der Waals surface area contributed by atoms with Crippen LogP contribution < -0.4 is 0 Å². The van der Waals surface area contributed by atoms with E-state index in [4.69, 9.17) is 0 Å². The molecule has 0 aliphatic rings. The van der Waals surface area contributed by atoms with E-state index >= 15 is 0 Å². The molecule has 0 radical (unpaired) electrons. The van der Waals surface area contributed by atoms with Crippen LogP contribution in [0.5, 0.6) is 0 Å². The molecule has 0 fully saturated rings. The standard InChI is InChI=1S/C12H17BrFNO/c1-12(2,8-16)15(3)7-9-4-5-10(13)6-11(9)14/h4-6,16H,7-8H2,1-3H3. The third kappa shape index (κ3) is 3.27. The Kier molecular flexibility index (Phi) is 4.47. The van der Waals surface area contributed by atoms with Crippen LogP contribution in [0.3, 0.4) is 0 Å². The van der Waals surface area contributed by atoms with Crippen molar-refractivity contribution in [3.8, 4) is 0 Å². The van der Waals surface area contributed by atoms with E-state index in [1.54, 1.807) is 6.07 Å². The molecule has 16 heavy (non-hydrogen) atoms. The van der Waals surface area contributed by atoms with Gasteiger partial charge in [-0.3, -0.25) is 4.90 Å². The lowest BCUT2D eigenvalue weighted by Crippen LogP contribution is -2.43. The first-order valence-electron chi connectivity index (χ1n) is 5.13. The first-order valence-corrected chi connectivity index (χ1v) is 5.92. The van der Waals surface area contributed by atoms with Crippen molar-refractivity contribution in [1.82, 2.24) is 4.90 Å². The van der Waals surface area contributed by atoms with E-state index in [0.29, 0.717) is 12.1 Å². The fourth-order valence-electron chi connectivity index (χ4n) is 1.24. The SMILES string of the molecule is CN(Cc1ccc(Br)cc1F)C(C)(C)CO. The summed E-state index contributed by atoms with van der Waals surface area (Å²) in [6, 6.07) is 5.02. The fraction of sp³-hybridized carbons (Fsp3) is 0.500. The van der Waals surface area contributed by atoms with E-state index in [-0.39, 0.29) is 18.0 Å². The number of nitrogens with zero attached hydrogens (tertiary/aromatic N) is 1. The first kappa shape index (κ1) is 13.6. The molecule has 0 aliphatic carbocycles. The fourth-order valence-corrected chi connectivity index (χ4v) is 1.57. The first-order chi connectivity index (χ1) is 7.36. The summed E-state index contributed by atoms with van der Waals surface area (Å²) in [5.74, 6) is -0.227. The van der Waals surface area contributed by atoms with Gasteiger partial charge in [-0.05, 0) is 33.0 Å². The van der Waals surface area contributed by atoms with Gasteiger partial charge in [-0.2, -0.15) is 0 Å². The molecule has 0 saturated heterocycles. The molecule has 0 aliphatic heterocycles. The molecule has 0 bridgehead atoms. The van der Waals surface area contributed by atoms with Crippen molar-refractivity contribution >= 4 is 15.9 Å². The maximum Gasteiger partial charge on any atom is 0.128 e. The highest BCUT2D eigenvalue weighted by molar-refractivity contribution is 9.10. The number of likely N-dealkylation sites (N-methyl/N-ethyl adjacent to an activating group) is 1. The molecular formula is C12H17BrFNO. The molecule has 0 atom stereocenters. The molecular weight excluding hydrogens is 273 g/mol. The van der Waals surface area contributed by atoms with Crippen molar-refractivity contribution < 1.29 is 9.50 Å². The van der Waals surface area contributed by atoms with Crippen LogP contribution in [0.1, 0.15) is 19.4 Å². The summed E-state index contributed by atoms with van der Waals surface area (Å²) < 4.78 is 14.3. The van der Waals surface area contributed by atoms with Crippen molar-refractivity contribution in [2.24, 2.45) is 0 Å². The summed E-state index contributed by atoms with van der Waals surface area (Å²) in [5, 5.41) is 9.21. The van der Waals surface area contributed by atoms with Gasteiger partial charge in [0.1, 0.15) is 5.82 Å². The number of hydrogen-bond acceptors (Lipinski definition) is 2. The number of halogens is 2. The smallest absolute Gasteiger partial charge is 0.128 e. The van der Waals surface area contributed by atoms with Crippen LogP contribution in [0.4, 0.5) is 4.39 Å². The Labute approximate surface area is 104 Å². The summed E-state index contributed by atoms with van der Waals surface area (Å²) in [7, 11) is 1.87. The Morgan fingerprint density at radius 2 is 2.06 bits per heavy atom. The van der Waals surface area contributed by atoms with Gasteiger partial charge in [0.25, 0.3) is 0 Å². The number of aliphatic hydroxyl groups is 1. The van der Waals surface area contributed by atoms with Gasteiger partial charge in [0, 0.05) is 22.1 Å². The second-order valence-corrected chi connectivity index (χ2v) is 5.48. The Hall–Kier alpha value is -0.450. The van der Waals surface area contributed by atoms with Gasteiger partial charge in [0.05, 0.1) is 6.61 Å². The van der Waals surface area contributed by atoms with Gasteiger partial charge in [-0.15, -0.1) is 0 Å². The molecule has 1 aromatic rings. The quantitative estimate of drug-likeness (QED) is 0.921.